The third-order valence-corrected chi connectivity index (χ3v) is 5.40. The first-order valence-corrected chi connectivity index (χ1v) is 7.82. The predicted molar refractivity (Wildman–Crippen MR) is 80.0 cm³/mol. The normalized spacial score (nSPS) is 26.3. The number of nitrogen functional groups attached to an aromatic ring is 1. The third kappa shape index (κ3) is 2.27. The zero-order valence-electron chi connectivity index (χ0n) is 10.9. The van der Waals surface area contributed by atoms with Crippen molar-refractivity contribution in [3.63, 3.8) is 0 Å². The number of nitrogens with two attached hydrogens (primary N) is 1. The lowest BCUT2D eigenvalue weighted by molar-refractivity contribution is 0.0547. The number of fused-ring (bicyclic) bond motifs is 1. The highest BCUT2D eigenvalue weighted by molar-refractivity contribution is 9.10. The lowest BCUT2D eigenvalue weighted by Gasteiger charge is -2.38. The van der Waals surface area contributed by atoms with E-state index in [-0.39, 0.29) is 5.91 Å². The average Bonchev–Trinajstić information content (AvgIpc) is 2.89. The van der Waals surface area contributed by atoms with E-state index in [1.807, 2.05) is 18.2 Å². The molecule has 0 radical (unpaired) electrons. The van der Waals surface area contributed by atoms with Gasteiger partial charge in [0.2, 0.25) is 0 Å². The third-order valence-electron chi connectivity index (χ3n) is 4.51. The van der Waals surface area contributed by atoms with Crippen LogP contribution < -0.4 is 5.73 Å². The number of halogens is 1. The van der Waals surface area contributed by atoms with E-state index in [9.17, 15) is 4.79 Å². The van der Waals surface area contributed by atoms with Gasteiger partial charge >= 0.3 is 0 Å². The van der Waals surface area contributed by atoms with Gasteiger partial charge in [0.15, 0.2) is 0 Å². The summed E-state index contributed by atoms with van der Waals surface area (Å²) < 4.78 is 0.736. The van der Waals surface area contributed by atoms with Crippen LogP contribution in [0.2, 0.25) is 0 Å². The molecule has 19 heavy (non-hydrogen) atoms. The molecule has 2 aliphatic rings. The van der Waals surface area contributed by atoms with Crippen LogP contribution >= 0.6 is 15.9 Å². The number of nitrogens with zero attached hydrogens (tertiary/aromatic N) is 1. The highest BCUT2D eigenvalue weighted by Gasteiger charge is 2.37. The molecule has 4 heteroatoms. The summed E-state index contributed by atoms with van der Waals surface area (Å²) in [6.07, 6.45) is 6.12. The number of carbonyl (C=O) groups excluding carboxylic acids is 1. The Morgan fingerprint density at radius 3 is 2.89 bits per heavy atom. The van der Waals surface area contributed by atoms with Crippen molar-refractivity contribution in [1.82, 2.24) is 4.90 Å². The molecule has 1 saturated heterocycles. The molecule has 2 fully saturated rings. The van der Waals surface area contributed by atoms with Gasteiger partial charge in [-0.15, -0.1) is 0 Å². The Balaban J connectivity index is 1.88. The number of benzene rings is 1. The van der Waals surface area contributed by atoms with Crippen LogP contribution in [0.5, 0.6) is 0 Å². The second kappa shape index (κ2) is 5.16. The number of amides is 1. The zero-order chi connectivity index (χ0) is 13.4. The minimum Gasteiger partial charge on any atom is -0.398 e. The molecule has 0 bridgehead atoms. The van der Waals surface area contributed by atoms with E-state index in [2.05, 4.69) is 20.8 Å². The minimum absolute atomic E-state index is 0.135. The Labute approximate surface area is 122 Å². The highest BCUT2D eigenvalue weighted by Crippen LogP contribution is 2.38. The SMILES string of the molecule is Nc1cccc(C(=O)N2CCCC3CCCC32)c1Br. The lowest BCUT2D eigenvalue weighted by Crippen LogP contribution is -2.46. The van der Waals surface area contributed by atoms with Crippen molar-refractivity contribution in [2.24, 2.45) is 5.92 Å². The van der Waals surface area contributed by atoms with Gasteiger partial charge < -0.3 is 10.6 Å². The van der Waals surface area contributed by atoms with Crippen LogP contribution in [0.3, 0.4) is 0 Å². The molecule has 1 amide bonds. The Kier molecular flexibility index (Phi) is 3.52. The molecular formula is C15H19BrN2O. The molecule has 2 unspecified atom stereocenters. The maximum atomic E-state index is 12.8. The van der Waals surface area contributed by atoms with Gasteiger partial charge in [0.25, 0.3) is 5.91 Å². The second-order valence-corrected chi connectivity index (χ2v) is 6.40. The Morgan fingerprint density at radius 2 is 2.05 bits per heavy atom. The Morgan fingerprint density at radius 1 is 1.26 bits per heavy atom. The van der Waals surface area contributed by atoms with E-state index in [4.69, 9.17) is 5.73 Å². The van der Waals surface area contributed by atoms with Gasteiger partial charge in [-0.2, -0.15) is 0 Å². The summed E-state index contributed by atoms with van der Waals surface area (Å²) in [6, 6.07) is 5.98. The predicted octanol–water partition coefficient (Wildman–Crippen LogP) is 3.44. The number of anilines is 1. The number of piperidine rings is 1. The molecule has 1 aliphatic carbocycles. The van der Waals surface area contributed by atoms with Crippen molar-refractivity contribution in [1.29, 1.82) is 0 Å². The van der Waals surface area contributed by atoms with Crippen molar-refractivity contribution in [2.45, 2.75) is 38.1 Å². The van der Waals surface area contributed by atoms with Gasteiger partial charge in [-0.1, -0.05) is 12.5 Å². The van der Waals surface area contributed by atoms with Gasteiger partial charge in [-0.05, 0) is 59.7 Å². The molecule has 102 valence electrons. The summed E-state index contributed by atoms with van der Waals surface area (Å²) in [5.74, 6) is 0.855. The molecule has 0 aromatic heterocycles. The first-order chi connectivity index (χ1) is 9.18. The average molecular weight is 323 g/mol. The van der Waals surface area contributed by atoms with Crippen LogP contribution in [0.4, 0.5) is 5.69 Å². The van der Waals surface area contributed by atoms with Crippen molar-refractivity contribution < 1.29 is 4.79 Å². The number of hydrogen-bond donors (Lipinski definition) is 1. The Hall–Kier alpha value is -1.03. The molecule has 1 saturated carbocycles. The van der Waals surface area contributed by atoms with E-state index in [0.717, 1.165) is 29.8 Å². The summed E-state index contributed by atoms with van der Waals surface area (Å²) >= 11 is 3.45. The van der Waals surface area contributed by atoms with E-state index in [1.54, 1.807) is 0 Å². The van der Waals surface area contributed by atoms with Gasteiger partial charge in [-0.3, -0.25) is 4.79 Å². The second-order valence-electron chi connectivity index (χ2n) is 5.61. The smallest absolute Gasteiger partial charge is 0.255 e. The molecule has 3 nitrogen and oxygen atoms in total. The van der Waals surface area contributed by atoms with Crippen LogP contribution in [0.1, 0.15) is 42.5 Å². The molecule has 1 aromatic carbocycles. The van der Waals surface area contributed by atoms with E-state index in [0.29, 0.717) is 17.3 Å². The number of hydrogen-bond acceptors (Lipinski definition) is 2. The highest BCUT2D eigenvalue weighted by atomic mass is 79.9. The summed E-state index contributed by atoms with van der Waals surface area (Å²) in [5, 5.41) is 0. The largest absolute Gasteiger partial charge is 0.398 e. The molecule has 3 rings (SSSR count). The maximum absolute atomic E-state index is 12.8. The topological polar surface area (TPSA) is 46.3 Å². The fraction of sp³-hybridized carbons (Fsp3) is 0.533. The van der Waals surface area contributed by atoms with Crippen LogP contribution in [0.25, 0.3) is 0 Å². The molecule has 2 N–H and O–H groups in total. The van der Waals surface area contributed by atoms with Crippen molar-refractivity contribution in [2.75, 3.05) is 12.3 Å². The van der Waals surface area contributed by atoms with Crippen LogP contribution in [0.15, 0.2) is 22.7 Å². The standard InChI is InChI=1S/C15H19BrN2O/c16-14-11(6-2-7-12(14)17)15(19)18-9-3-5-10-4-1-8-13(10)18/h2,6-7,10,13H,1,3-5,8-9,17H2. The zero-order valence-corrected chi connectivity index (χ0v) is 12.5. The van der Waals surface area contributed by atoms with Gasteiger partial charge in [0, 0.05) is 18.3 Å². The van der Waals surface area contributed by atoms with E-state index < -0.39 is 0 Å². The molecule has 1 aliphatic heterocycles. The van der Waals surface area contributed by atoms with E-state index >= 15 is 0 Å². The number of rotatable bonds is 1. The minimum atomic E-state index is 0.135. The van der Waals surface area contributed by atoms with E-state index in [1.165, 1.54) is 19.3 Å². The summed E-state index contributed by atoms with van der Waals surface area (Å²) in [6.45, 7) is 0.890. The fourth-order valence-electron chi connectivity index (χ4n) is 3.58. The van der Waals surface area contributed by atoms with Gasteiger partial charge in [-0.25, -0.2) is 0 Å². The number of likely N-dealkylation sites (tertiary alicyclic amines) is 1. The van der Waals surface area contributed by atoms with Gasteiger partial charge in [0.1, 0.15) is 0 Å². The molecule has 2 atom stereocenters. The van der Waals surface area contributed by atoms with Crippen LogP contribution in [-0.4, -0.2) is 23.4 Å². The van der Waals surface area contributed by atoms with Gasteiger partial charge in [0.05, 0.1) is 10.0 Å². The first kappa shape index (κ1) is 13.0. The van der Waals surface area contributed by atoms with Crippen LogP contribution in [0, 0.1) is 5.92 Å². The molecule has 1 heterocycles. The van der Waals surface area contributed by atoms with Crippen molar-refractivity contribution >= 4 is 27.5 Å². The molecule has 1 aromatic rings. The first-order valence-electron chi connectivity index (χ1n) is 7.03. The number of carbonyl (C=O) groups is 1. The summed E-state index contributed by atoms with van der Waals surface area (Å²) in [7, 11) is 0. The molecular weight excluding hydrogens is 304 g/mol. The monoisotopic (exact) mass is 322 g/mol. The lowest BCUT2D eigenvalue weighted by atomic mass is 9.91. The summed E-state index contributed by atoms with van der Waals surface area (Å²) in [5.41, 5.74) is 7.21. The van der Waals surface area contributed by atoms with Crippen LogP contribution in [-0.2, 0) is 0 Å². The summed E-state index contributed by atoms with van der Waals surface area (Å²) in [4.78, 5) is 14.8. The van der Waals surface area contributed by atoms with Crippen molar-refractivity contribution in [3.05, 3.63) is 28.2 Å². The van der Waals surface area contributed by atoms with Crippen molar-refractivity contribution in [3.8, 4) is 0 Å². The molecule has 0 spiro atoms. The quantitative estimate of drug-likeness (QED) is 0.805. The Bertz CT molecular complexity index is 503. The maximum Gasteiger partial charge on any atom is 0.255 e. The fourth-order valence-corrected chi connectivity index (χ4v) is 4.01.